The lowest BCUT2D eigenvalue weighted by Gasteiger charge is -2.21. The Morgan fingerprint density at radius 1 is 1.04 bits per heavy atom. The first kappa shape index (κ1) is 20.2. The van der Waals surface area contributed by atoms with Gasteiger partial charge in [0.1, 0.15) is 6.54 Å². The first-order chi connectivity index (χ1) is 12.9. The van der Waals surface area contributed by atoms with Gasteiger partial charge in [-0.2, -0.15) is 0 Å². The molecule has 0 aliphatic heterocycles. The summed E-state index contributed by atoms with van der Waals surface area (Å²) in [6, 6.07) is 14.2. The van der Waals surface area contributed by atoms with Crippen LogP contribution >= 0.6 is 0 Å². The summed E-state index contributed by atoms with van der Waals surface area (Å²) in [5.41, 5.74) is 3.03. The predicted octanol–water partition coefficient (Wildman–Crippen LogP) is 3.16. The van der Waals surface area contributed by atoms with Gasteiger partial charge in [-0.05, 0) is 49.2 Å². The highest BCUT2D eigenvalue weighted by atomic mass is 16.5. The second-order valence-electron chi connectivity index (χ2n) is 6.15. The van der Waals surface area contributed by atoms with Crippen molar-refractivity contribution in [3.05, 3.63) is 65.2 Å². The van der Waals surface area contributed by atoms with E-state index in [1.165, 1.54) is 11.8 Å². The summed E-state index contributed by atoms with van der Waals surface area (Å²) < 4.78 is 4.92. The molecule has 0 heterocycles. The monoisotopic (exact) mass is 368 g/mol. The van der Waals surface area contributed by atoms with Gasteiger partial charge in [-0.25, -0.2) is 4.79 Å². The number of carbonyl (C=O) groups is 3. The standard InChI is InChI=1S/C21H24N2O4/c1-4-27-21(26)17-9-11-19(12-10-17)22-20(25)14-23(16(3)24)13-18-8-6-5-7-15(18)2/h5-12H,4,13-14H2,1-3H3,(H,22,25). The lowest BCUT2D eigenvalue weighted by Crippen LogP contribution is -2.36. The largest absolute Gasteiger partial charge is 0.462 e. The molecule has 142 valence electrons. The van der Waals surface area contributed by atoms with Gasteiger partial charge in [-0.15, -0.1) is 0 Å². The summed E-state index contributed by atoms with van der Waals surface area (Å²) >= 11 is 0. The number of esters is 1. The Kier molecular flexibility index (Phi) is 7.11. The van der Waals surface area contributed by atoms with Crippen molar-refractivity contribution >= 4 is 23.5 Å². The van der Waals surface area contributed by atoms with Crippen LogP contribution < -0.4 is 5.32 Å². The number of carbonyl (C=O) groups excluding carboxylic acids is 3. The summed E-state index contributed by atoms with van der Waals surface area (Å²) in [5, 5.41) is 2.74. The van der Waals surface area contributed by atoms with Crippen LogP contribution in [0.3, 0.4) is 0 Å². The Bertz CT molecular complexity index is 815. The van der Waals surface area contributed by atoms with Crippen molar-refractivity contribution in [2.75, 3.05) is 18.5 Å². The minimum Gasteiger partial charge on any atom is -0.462 e. The van der Waals surface area contributed by atoms with Crippen molar-refractivity contribution in [1.82, 2.24) is 4.90 Å². The van der Waals surface area contributed by atoms with Crippen LogP contribution in [0.15, 0.2) is 48.5 Å². The quantitative estimate of drug-likeness (QED) is 0.762. The molecule has 2 amide bonds. The molecule has 0 spiro atoms. The number of nitrogens with one attached hydrogen (secondary N) is 1. The zero-order valence-electron chi connectivity index (χ0n) is 15.8. The maximum absolute atomic E-state index is 12.3. The van der Waals surface area contributed by atoms with Crippen molar-refractivity contribution < 1.29 is 19.1 Å². The summed E-state index contributed by atoms with van der Waals surface area (Å²) in [7, 11) is 0. The van der Waals surface area contributed by atoms with Crippen LogP contribution in [0.5, 0.6) is 0 Å². The number of ether oxygens (including phenoxy) is 1. The van der Waals surface area contributed by atoms with E-state index in [4.69, 9.17) is 4.74 Å². The highest BCUT2D eigenvalue weighted by Crippen LogP contribution is 2.13. The van der Waals surface area contributed by atoms with Gasteiger partial charge in [-0.1, -0.05) is 24.3 Å². The summed E-state index contributed by atoms with van der Waals surface area (Å²) in [6.45, 7) is 5.78. The van der Waals surface area contributed by atoms with Gasteiger partial charge >= 0.3 is 5.97 Å². The van der Waals surface area contributed by atoms with E-state index in [1.54, 1.807) is 31.2 Å². The van der Waals surface area contributed by atoms with Crippen LogP contribution in [0.2, 0.25) is 0 Å². The van der Waals surface area contributed by atoms with Gasteiger partial charge in [-0.3, -0.25) is 9.59 Å². The van der Waals surface area contributed by atoms with Gasteiger partial charge in [0.25, 0.3) is 0 Å². The first-order valence-electron chi connectivity index (χ1n) is 8.77. The highest BCUT2D eigenvalue weighted by Gasteiger charge is 2.15. The Morgan fingerprint density at radius 2 is 1.70 bits per heavy atom. The molecule has 0 saturated carbocycles. The highest BCUT2D eigenvalue weighted by molar-refractivity contribution is 5.95. The number of amides is 2. The Morgan fingerprint density at radius 3 is 2.30 bits per heavy atom. The fourth-order valence-corrected chi connectivity index (χ4v) is 2.55. The minimum atomic E-state index is -0.406. The molecular weight excluding hydrogens is 344 g/mol. The van der Waals surface area contributed by atoms with E-state index >= 15 is 0 Å². The molecule has 27 heavy (non-hydrogen) atoms. The lowest BCUT2D eigenvalue weighted by atomic mass is 10.1. The molecule has 0 unspecified atom stereocenters. The third-order valence-electron chi connectivity index (χ3n) is 4.08. The third-order valence-corrected chi connectivity index (χ3v) is 4.08. The molecule has 2 aromatic carbocycles. The Hall–Kier alpha value is -3.15. The van der Waals surface area contributed by atoms with Crippen molar-refractivity contribution in [2.45, 2.75) is 27.3 Å². The minimum absolute atomic E-state index is 0.0523. The number of anilines is 1. The molecule has 0 aliphatic rings. The maximum atomic E-state index is 12.3. The summed E-state index contributed by atoms with van der Waals surface area (Å²) in [5.74, 6) is -0.884. The van der Waals surface area contributed by atoms with E-state index < -0.39 is 5.97 Å². The molecule has 0 aromatic heterocycles. The zero-order valence-corrected chi connectivity index (χ0v) is 15.8. The second kappa shape index (κ2) is 9.52. The van der Waals surface area contributed by atoms with E-state index in [1.807, 2.05) is 31.2 Å². The Labute approximate surface area is 159 Å². The van der Waals surface area contributed by atoms with E-state index in [-0.39, 0.29) is 18.4 Å². The molecule has 2 aromatic rings. The van der Waals surface area contributed by atoms with Gasteiger partial charge in [0, 0.05) is 19.2 Å². The molecule has 0 bridgehead atoms. The zero-order chi connectivity index (χ0) is 19.8. The van der Waals surface area contributed by atoms with Crippen LogP contribution in [0.1, 0.15) is 35.3 Å². The molecule has 2 rings (SSSR count). The summed E-state index contributed by atoms with van der Waals surface area (Å²) in [6.07, 6.45) is 0. The van der Waals surface area contributed by atoms with Gasteiger partial charge < -0.3 is 15.0 Å². The van der Waals surface area contributed by atoms with Gasteiger partial charge in [0.15, 0.2) is 0 Å². The van der Waals surface area contributed by atoms with Crippen molar-refractivity contribution in [2.24, 2.45) is 0 Å². The van der Waals surface area contributed by atoms with Crippen molar-refractivity contribution in [3.8, 4) is 0 Å². The van der Waals surface area contributed by atoms with Crippen molar-refractivity contribution in [3.63, 3.8) is 0 Å². The number of aryl methyl sites for hydroxylation is 1. The van der Waals surface area contributed by atoms with E-state index in [9.17, 15) is 14.4 Å². The van der Waals surface area contributed by atoms with E-state index in [0.717, 1.165) is 11.1 Å². The number of benzene rings is 2. The molecule has 0 atom stereocenters. The van der Waals surface area contributed by atoms with Crippen LogP contribution in [0, 0.1) is 6.92 Å². The van der Waals surface area contributed by atoms with Crippen LogP contribution in [-0.4, -0.2) is 35.8 Å². The molecular formula is C21H24N2O4. The fourth-order valence-electron chi connectivity index (χ4n) is 2.55. The lowest BCUT2D eigenvalue weighted by molar-refractivity contribution is -0.133. The van der Waals surface area contributed by atoms with E-state index in [2.05, 4.69) is 5.32 Å². The van der Waals surface area contributed by atoms with Gasteiger partial charge in [0.05, 0.1) is 12.2 Å². The molecule has 0 aliphatic carbocycles. The molecule has 6 nitrogen and oxygen atoms in total. The van der Waals surface area contributed by atoms with Crippen LogP contribution in [0.4, 0.5) is 5.69 Å². The SMILES string of the molecule is CCOC(=O)c1ccc(NC(=O)CN(Cc2ccccc2C)C(C)=O)cc1. The number of rotatable bonds is 7. The van der Waals surface area contributed by atoms with Gasteiger partial charge in [0.2, 0.25) is 11.8 Å². The third kappa shape index (κ3) is 5.95. The van der Waals surface area contributed by atoms with E-state index in [0.29, 0.717) is 24.4 Å². The molecule has 0 saturated heterocycles. The number of nitrogens with zero attached hydrogens (tertiary/aromatic N) is 1. The van der Waals surface area contributed by atoms with Crippen molar-refractivity contribution in [1.29, 1.82) is 0 Å². The number of hydrogen-bond acceptors (Lipinski definition) is 4. The maximum Gasteiger partial charge on any atom is 0.338 e. The van der Waals surface area contributed by atoms with Crippen LogP contribution in [-0.2, 0) is 20.9 Å². The predicted molar refractivity (Wildman–Crippen MR) is 103 cm³/mol. The average molecular weight is 368 g/mol. The normalized spacial score (nSPS) is 10.2. The topological polar surface area (TPSA) is 75.7 Å². The Balaban J connectivity index is 1.98. The molecule has 1 N–H and O–H groups in total. The van der Waals surface area contributed by atoms with Crippen LogP contribution in [0.25, 0.3) is 0 Å². The fraction of sp³-hybridized carbons (Fsp3) is 0.286. The number of hydrogen-bond donors (Lipinski definition) is 1. The first-order valence-corrected chi connectivity index (χ1v) is 8.77. The second-order valence-corrected chi connectivity index (χ2v) is 6.15. The molecule has 0 radical (unpaired) electrons. The smallest absolute Gasteiger partial charge is 0.338 e. The molecule has 6 heteroatoms. The summed E-state index contributed by atoms with van der Waals surface area (Å²) in [4.78, 5) is 37.4. The molecule has 0 fully saturated rings. The average Bonchev–Trinajstić information content (AvgIpc) is 2.63.